The number of phenolic OH excluding ortho intramolecular Hbond substituents is 1. The van der Waals surface area contributed by atoms with Gasteiger partial charge >= 0.3 is 0 Å². The second kappa shape index (κ2) is 3.90. The molecule has 4 N–H and O–H groups in total. The maximum atomic E-state index is 11.2. The second-order valence-corrected chi connectivity index (χ2v) is 4.19. The molecule has 1 aromatic rings. The first-order chi connectivity index (χ1) is 7.56. The van der Waals surface area contributed by atoms with Crippen LogP contribution in [0.2, 0.25) is 0 Å². The average Bonchev–Trinajstić information content (AvgIpc) is 2.51. The van der Waals surface area contributed by atoms with Crippen LogP contribution in [0.1, 0.15) is 5.56 Å². The molecule has 0 saturated carbocycles. The van der Waals surface area contributed by atoms with E-state index in [1.165, 1.54) is 18.2 Å². The van der Waals surface area contributed by atoms with E-state index in [1.54, 1.807) is 6.07 Å². The highest BCUT2D eigenvalue weighted by Crippen LogP contribution is 2.28. The summed E-state index contributed by atoms with van der Waals surface area (Å²) in [5.74, 6) is -0.476. The molecule has 6 heteroatoms. The van der Waals surface area contributed by atoms with Crippen molar-refractivity contribution < 1.29 is 14.7 Å². The van der Waals surface area contributed by atoms with E-state index in [0.29, 0.717) is 10.5 Å². The van der Waals surface area contributed by atoms with Gasteiger partial charge in [0.1, 0.15) is 5.75 Å². The van der Waals surface area contributed by atoms with Crippen molar-refractivity contribution in [3.8, 4) is 5.75 Å². The molecule has 0 radical (unpaired) electrons. The molecule has 0 unspecified atom stereocenters. The zero-order valence-corrected chi connectivity index (χ0v) is 8.88. The number of imide groups is 1. The summed E-state index contributed by atoms with van der Waals surface area (Å²) >= 11 is 0.827. The molecule has 1 fully saturated rings. The molecule has 0 atom stereocenters. The maximum Gasteiger partial charge on any atom is 0.290 e. The van der Waals surface area contributed by atoms with E-state index in [1.807, 2.05) is 0 Å². The Balaban J connectivity index is 2.32. The van der Waals surface area contributed by atoms with Gasteiger partial charge in [-0.15, -0.1) is 0 Å². The lowest BCUT2D eigenvalue weighted by Crippen LogP contribution is -2.17. The molecule has 1 saturated heterocycles. The zero-order valence-electron chi connectivity index (χ0n) is 8.06. The van der Waals surface area contributed by atoms with Gasteiger partial charge in [-0.3, -0.25) is 14.9 Å². The number of aromatic hydroxyl groups is 1. The standard InChI is InChI=1S/C10H8N2O3S/c11-6-2-1-5(3-7(6)13)4-8-9(14)12-10(15)16-8/h1-4,13H,11H2,(H,12,14,15)/b8-4+. The number of thioether (sulfide) groups is 1. The highest BCUT2D eigenvalue weighted by atomic mass is 32.2. The van der Waals surface area contributed by atoms with Gasteiger partial charge in [-0.25, -0.2) is 0 Å². The van der Waals surface area contributed by atoms with Gasteiger partial charge < -0.3 is 10.8 Å². The number of nitrogens with one attached hydrogen (secondary N) is 1. The largest absolute Gasteiger partial charge is 0.506 e. The molecule has 0 aromatic heterocycles. The topological polar surface area (TPSA) is 92.4 Å². The summed E-state index contributed by atoms with van der Waals surface area (Å²) < 4.78 is 0. The van der Waals surface area contributed by atoms with Crippen LogP contribution in [0.4, 0.5) is 10.5 Å². The average molecular weight is 236 g/mol. The monoisotopic (exact) mass is 236 g/mol. The Hall–Kier alpha value is -1.95. The fourth-order valence-corrected chi connectivity index (χ4v) is 1.91. The van der Waals surface area contributed by atoms with Gasteiger partial charge in [-0.05, 0) is 35.5 Å². The zero-order chi connectivity index (χ0) is 11.7. The third kappa shape index (κ3) is 2.01. The second-order valence-electron chi connectivity index (χ2n) is 3.17. The molecule has 0 aliphatic carbocycles. The van der Waals surface area contributed by atoms with Gasteiger partial charge in [0.15, 0.2) is 0 Å². The molecule has 82 valence electrons. The Labute approximate surface area is 95.3 Å². The number of benzene rings is 1. The van der Waals surface area contributed by atoms with Crippen molar-refractivity contribution in [1.82, 2.24) is 5.32 Å². The third-order valence-electron chi connectivity index (χ3n) is 1.99. The van der Waals surface area contributed by atoms with Crippen LogP contribution in [0.3, 0.4) is 0 Å². The van der Waals surface area contributed by atoms with Crippen LogP contribution in [0.15, 0.2) is 23.1 Å². The molecule has 0 bridgehead atoms. The van der Waals surface area contributed by atoms with Crippen molar-refractivity contribution in [3.05, 3.63) is 28.7 Å². The molecule has 1 heterocycles. The number of carbonyl (C=O) groups excluding carboxylic acids is 2. The Bertz CT molecular complexity index is 511. The first-order valence-corrected chi connectivity index (χ1v) is 5.21. The minimum absolute atomic E-state index is 0.0518. The Kier molecular flexibility index (Phi) is 2.57. The van der Waals surface area contributed by atoms with Crippen molar-refractivity contribution in [2.45, 2.75) is 0 Å². The van der Waals surface area contributed by atoms with Crippen LogP contribution in [-0.4, -0.2) is 16.3 Å². The minimum Gasteiger partial charge on any atom is -0.506 e. The van der Waals surface area contributed by atoms with Crippen LogP contribution in [0.5, 0.6) is 5.75 Å². The van der Waals surface area contributed by atoms with Crippen LogP contribution in [0.25, 0.3) is 6.08 Å². The Morgan fingerprint density at radius 1 is 1.38 bits per heavy atom. The summed E-state index contributed by atoms with van der Waals surface area (Å²) in [4.78, 5) is 22.4. The quantitative estimate of drug-likeness (QED) is 0.388. The van der Waals surface area contributed by atoms with Crippen molar-refractivity contribution in [3.63, 3.8) is 0 Å². The van der Waals surface area contributed by atoms with Crippen molar-refractivity contribution in [2.24, 2.45) is 0 Å². The molecule has 2 amide bonds. The number of hydrogen-bond donors (Lipinski definition) is 3. The first kappa shape index (κ1) is 10.6. The highest BCUT2D eigenvalue weighted by molar-refractivity contribution is 8.18. The van der Waals surface area contributed by atoms with Crippen molar-refractivity contribution in [2.75, 3.05) is 5.73 Å². The smallest absolute Gasteiger partial charge is 0.290 e. The Morgan fingerprint density at radius 2 is 2.12 bits per heavy atom. The number of nitrogen functional groups attached to an aromatic ring is 1. The van der Waals surface area contributed by atoms with E-state index < -0.39 is 11.1 Å². The van der Waals surface area contributed by atoms with E-state index in [4.69, 9.17) is 5.73 Å². The number of hydrogen-bond acceptors (Lipinski definition) is 5. The van der Waals surface area contributed by atoms with Crippen molar-refractivity contribution >= 4 is 34.7 Å². The van der Waals surface area contributed by atoms with E-state index in [0.717, 1.165) is 11.8 Å². The maximum absolute atomic E-state index is 11.2. The van der Waals surface area contributed by atoms with Crippen LogP contribution in [-0.2, 0) is 4.79 Å². The summed E-state index contributed by atoms with van der Waals surface area (Å²) in [7, 11) is 0. The van der Waals surface area contributed by atoms with Gasteiger partial charge in [0.25, 0.3) is 11.1 Å². The molecule has 1 aromatic carbocycles. The Morgan fingerprint density at radius 3 is 2.69 bits per heavy atom. The minimum atomic E-state index is -0.425. The predicted molar refractivity (Wildman–Crippen MR) is 61.6 cm³/mol. The number of phenols is 1. The van der Waals surface area contributed by atoms with Gasteiger partial charge in [0.2, 0.25) is 0 Å². The predicted octanol–water partition coefficient (Wildman–Crippen LogP) is 1.30. The normalized spacial score (nSPS) is 17.9. The summed E-state index contributed by atoms with van der Waals surface area (Å²) in [5.41, 5.74) is 6.31. The molecule has 2 rings (SSSR count). The molecular formula is C10H8N2O3S. The summed E-state index contributed by atoms with van der Waals surface area (Å²) in [5, 5.41) is 11.1. The molecule has 5 nitrogen and oxygen atoms in total. The third-order valence-corrected chi connectivity index (χ3v) is 2.80. The molecular weight excluding hydrogens is 228 g/mol. The molecule has 1 aliphatic rings. The van der Waals surface area contributed by atoms with Gasteiger partial charge in [0, 0.05) is 0 Å². The van der Waals surface area contributed by atoms with Crippen molar-refractivity contribution in [1.29, 1.82) is 0 Å². The van der Waals surface area contributed by atoms with E-state index >= 15 is 0 Å². The number of anilines is 1. The lowest BCUT2D eigenvalue weighted by molar-refractivity contribution is -0.115. The fourth-order valence-electron chi connectivity index (χ4n) is 1.22. The lowest BCUT2D eigenvalue weighted by atomic mass is 10.2. The highest BCUT2D eigenvalue weighted by Gasteiger charge is 2.24. The summed E-state index contributed by atoms with van der Waals surface area (Å²) in [6.07, 6.45) is 1.52. The van der Waals surface area contributed by atoms with E-state index in [-0.39, 0.29) is 11.4 Å². The van der Waals surface area contributed by atoms with Crippen LogP contribution < -0.4 is 11.1 Å². The SMILES string of the molecule is Nc1ccc(/C=C2/SC(=O)NC2=O)cc1O. The number of nitrogens with two attached hydrogens (primary N) is 1. The fraction of sp³-hybridized carbons (Fsp3) is 0. The van der Waals surface area contributed by atoms with Gasteiger partial charge in [-0.1, -0.05) is 6.07 Å². The van der Waals surface area contributed by atoms with E-state index in [9.17, 15) is 14.7 Å². The van der Waals surface area contributed by atoms with Gasteiger partial charge in [0.05, 0.1) is 10.6 Å². The van der Waals surface area contributed by atoms with Gasteiger partial charge in [-0.2, -0.15) is 0 Å². The molecule has 16 heavy (non-hydrogen) atoms. The molecule has 1 aliphatic heterocycles. The number of carbonyl (C=O) groups is 2. The van der Waals surface area contributed by atoms with Crippen LogP contribution >= 0.6 is 11.8 Å². The first-order valence-electron chi connectivity index (χ1n) is 4.39. The number of rotatable bonds is 1. The summed E-state index contributed by atoms with van der Waals surface area (Å²) in [6, 6.07) is 4.61. The lowest BCUT2D eigenvalue weighted by Gasteiger charge is -1.99. The summed E-state index contributed by atoms with van der Waals surface area (Å²) in [6.45, 7) is 0. The van der Waals surface area contributed by atoms with E-state index in [2.05, 4.69) is 5.32 Å². The molecule has 0 spiro atoms. The number of amides is 2. The van der Waals surface area contributed by atoms with Crippen LogP contribution in [0, 0.1) is 0 Å².